The van der Waals surface area contributed by atoms with Crippen LogP contribution in [-0.2, 0) is 10.0 Å². The minimum absolute atomic E-state index is 0.0746. The molecule has 0 radical (unpaired) electrons. The van der Waals surface area contributed by atoms with Crippen molar-refractivity contribution in [1.82, 2.24) is 9.71 Å². The molecule has 96 valence electrons. The molecule has 7 heteroatoms. The first-order valence-corrected chi connectivity index (χ1v) is 6.97. The summed E-state index contributed by atoms with van der Waals surface area (Å²) >= 11 is 0. The third-order valence-electron chi connectivity index (χ3n) is 2.49. The standard InChI is InChI=1S/C10H18N4O2S/c1-3-8(4-2)14-17(15,16)10-9(13-11)6-5-7-12-10/h5-8,13-14H,3-4,11H2,1-2H3. The van der Waals surface area contributed by atoms with Crippen LogP contribution in [0, 0.1) is 0 Å². The van der Waals surface area contributed by atoms with E-state index in [1.54, 1.807) is 12.1 Å². The second-order valence-corrected chi connectivity index (χ2v) is 5.26. The fraction of sp³-hybridized carbons (Fsp3) is 0.500. The normalized spacial score (nSPS) is 11.8. The van der Waals surface area contributed by atoms with Gasteiger partial charge in [-0.3, -0.25) is 5.84 Å². The lowest BCUT2D eigenvalue weighted by atomic mass is 10.2. The minimum Gasteiger partial charge on any atom is -0.321 e. The number of nitrogens with two attached hydrogens (primary N) is 1. The summed E-state index contributed by atoms with van der Waals surface area (Å²) < 4.78 is 26.7. The van der Waals surface area contributed by atoms with Crippen molar-refractivity contribution < 1.29 is 8.42 Å². The van der Waals surface area contributed by atoms with E-state index in [-0.39, 0.29) is 16.8 Å². The topological polar surface area (TPSA) is 97.1 Å². The van der Waals surface area contributed by atoms with Gasteiger partial charge in [-0.05, 0) is 25.0 Å². The molecule has 1 heterocycles. The molecule has 1 aromatic rings. The number of nitrogen functional groups attached to an aromatic ring is 1. The highest BCUT2D eigenvalue weighted by molar-refractivity contribution is 7.89. The fourth-order valence-corrected chi connectivity index (χ4v) is 2.95. The van der Waals surface area contributed by atoms with Crippen LogP contribution in [0.3, 0.4) is 0 Å². The zero-order valence-corrected chi connectivity index (χ0v) is 10.8. The Bertz CT molecular complexity index is 457. The first-order chi connectivity index (χ1) is 8.05. The van der Waals surface area contributed by atoms with Crippen molar-refractivity contribution in [3.8, 4) is 0 Å². The van der Waals surface area contributed by atoms with Gasteiger partial charge >= 0.3 is 0 Å². The number of rotatable bonds is 6. The zero-order chi connectivity index (χ0) is 12.9. The molecule has 1 rings (SSSR count). The highest BCUT2D eigenvalue weighted by Crippen LogP contribution is 2.17. The molecule has 0 atom stereocenters. The molecule has 0 aliphatic heterocycles. The Morgan fingerprint density at radius 1 is 1.41 bits per heavy atom. The Kier molecular flexibility index (Phi) is 4.86. The van der Waals surface area contributed by atoms with Gasteiger partial charge in [-0.2, -0.15) is 0 Å². The number of pyridine rings is 1. The summed E-state index contributed by atoms with van der Waals surface area (Å²) in [4.78, 5) is 3.85. The van der Waals surface area contributed by atoms with Crippen molar-refractivity contribution in [3.63, 3.8) is 0 Å². The lowest BCUT2D eigenvalue weighted by Crippen LogP contribution is -2.35. The summed E-state index contributed by atoms with van der Waals surface area (Å²) in [6.07, 6.45) is 2.88. The number of hydrogen-bond acceptors (Lipinski definition) is 5. The van der Waals surface area contributed by atoms with Crippen molar-refractivity contribution in [1.29, 1.82) is 0 Å². The van der Waals surface area contributed by atoms with Gasteiger partial charge in [0.05, 0.1) is 5.69 Å². The van der Waals surface area contributed by atoms with Gasteiger partial charge in [0, 0.05) is 12.2 Å². The van der Waals surface area contributed by atoms with E-state index in [0.29, 0.717) is 0 Å². The molecule has 0 fully saturated rings. The molecule has 0 aromatic carbocycles. The maximum absolute atomic E-state index is 12.1. The van der Waals surface area contributed by atoms with Crippen LogP contribution in [0.4, 0.5) is 5.69 Å². The SMILES string of the molecule is CCC(CC)NS(=O)(=O)c1ncccc1NN. The monoisotopic (exact) mass is 258 g/mol. The van der Waals surface area contributed by atoms with Crippen LogP contribution in [0.15, 0.2) is 23.4 Å². The van der Waals surface area contributed by atoms with Gasteiger partial charge in [-0.15, -0.1) is 0 Å². The third-order valence-corrected chi connectivity index (χ3v) is 3.97. The lowest BCUT2D eigenvalue weighted by molar-refractivity contribution is 0.528. The molecule has 0 aliphatic rings. The maximum atomic E-state index is 12.1. The van der Waals surface area contributed by atoms with Crippen LogP contribution >= 0.6 is 0 Å². The zero-order valence-electron chi connectivity index (χ0n) is 9.97. The quantitative estimate of drug-likeness (QED) is 0.519. The van der Waals surface area contributed by atoms with Crippen molar-refractivity contribution in [2.75, 3.05) is 5.43 Å². The molecule has 6 nitrogen and oxygen atoms in total. The van der Waals surface area contributed by atoms with E-state index < -0.39 is 10.0 Å². The molecule has 1 aromatic heterocycles. The van der Waals surface area contributed by atoms with E-state index in [1.807, 2.05) is 13.8 Å². The minimum atomic E-state index is -3.63. The number of aromatic nitrogens is 1. The van der Waals surface area contributed by atoms with Crippen LogP contribution < -0.4 is 16.0 Å². The average molecular weight is 258 g/mol. The van der Waals surface area contributed by atoms with Crippen LogP contribution in [0.25, 0.3) is 0 Å². The summed E-state index contributed by atoms with van der Waals surface area (Å²) in [5.74, 6) is 5.26. The van der Waals surface area contributed by atoms with Crippen LogP contribution in [0.2, 0.25) is 0 Å². The molecule has 0 spiro atoms. The third kappa shape index (κ3) is 3.39. The number of sulfonamides is 1. The van der Waals surface area contributed by atoms with Crippen LogP contribution in [0.1, 0.15) is 26.7 Å². The van der Waals surface area contributed by atoms with Gasteiger partial charge in [0.2, 0.25) is 0 Å². The summed E-state index contributed by atoms with van der Waals surface area (Å²) in [5, 5.41) is -0.0746. The first-order valence-electron chi connectivity index (χ1n) is 5.49. The van der Waals surface area contributed by atoms with Gasteiger partial charge in [0.25, 0.3) is 10.0 Å². The van der Waals surface area contributed by atoms with Crippen molar-refractivity contribution in [2.45, 2.75) is 37.8 Å². The fourth-order valence-electron chi connectivity index (χ4n) is 1.45. The largest absolute Gasteiger partial charge is 0.321 e. The van der Waals surface area contributed by atoms with E-state index in [2.05, 4.69) is 15.1 Å². The van der Waals surface area contributed by atoms with E-state index >= 15 is 0 Å². The Morgan fingerprint density at radius 2 is 2.06 bits per heavy atom. The lowest BCUT2D eigenvalue weighted by Gasteiger charge is -2.15. The Labute approximate surface area is 102 Å². The van der Waals surface area contributed by atoms with Gasteiger partial charge in [0.15, 0.2) is 5.03 Å². The Hall–Kier alpha value is -1.18. The van der Waals surface area contributed by atoms with Gasteiger partial charge in [-0.25, -0.2) is 18.1 Å². The summed E-state index contributed by atoms with van der Waals surface area (Å²) in [6, 6.07) is 3.09. The van der Waals surface area contributed by atoms with Gasteiger partial charge in [0.1, 0.15) is 0 Å². The number of nitrogens with one attached hydrogen (secondary N) is 2. The molecule has 0 aliphatic carbocycles. The first kappa shape index (κ1) is 13.9. The van der Waals surface area contributed by atoms with Gasteiger partial charge < -0.3 is 5.43 Å². The predicted octanol–water partition coefficient (Wildman–Crippen LogP) is 0.834. The van der Waals surface area contributed by atoms with Gasteiger partial charge in [-0.1, -0.05) is 13.8 Å². The predicted molar refractivity (Wildman–Crippen MR) is 66.7 cm³/mol. The molecule has 4 N–H and O–H groups in total. The highest BCUT2D eigenvalue weighted by atomic mass is 32.2. The van der Waals surface area contributed by atoms with Crippen LogP contribution in [0.5, 0.6) is 0 Å². The average Bonchev–Trinajstić information content (AvgIpc) is 2.35. The van der Waals surface area contributed by atoms with Crippen molar-refractivity contribution in [3.05, 3.63) is 18.3 Å². The molecule has 0 bridgehead atoms. The summed E-state index contributed by atoms with van der Waals surface area (Å²) in [5.41, 5.74) is 2.61. The number of nitrogens with zero attached hydrogens (tertiary/aromatic N) is 1. The van der Waals surface area contributed by atoms with E-state index in [0.717, 1.165) is 12.8 Å². The molecule has 0 saturated heterocycles. The molecular weight excluding hydrogens is 240 g/mol. The molecule has 0 unspecified atom stereocenters. The maximum Gasteiger partial charge on any atom is 0.260 e. The van der Waals surface area contributed by atoms with E-state index in [9.17, 15) is 8.42 Å². The smallest absolute Gasteiger partial charge is 0.260 e. The van der Waals surface area contributed by atoms with Crippen LogP contribution in [-0.4, -0.2) is 19.4 Å². The molecular formula is C10H18N4O2S. The van der Waals surface area contributed by atoms with E-state index in [1.165, 1.54) is 6.20 Å². The van der Waals surface area contributed by atoms with Crippen molar-refractivity contribution in [2.24, 2.45) is 5.84 Å². The second-order valence-electron chi connectivity index (χ2n) is 3.64. The highest BCUT2D eigenvalue weighted by Gasteiger charge is 2.22. The number of hydrazine groups is 1. The molecule has 17 heavy (non-hydrogen) atoms. The van der Waals surface area contributed by atoms with E-state index in [4.69, 9.17) is 5.84 Å². The number of hydrogen-bond donors (Lipinski definition) is 3. The Morgan fingerprint density at radius 3 is 2.59 bits per heavy atom. The molecule has 0 saturated carbocycles. The Balaban J connectivity index is 3.04. The molecule has 0 amide bonds. The second kappa shape index (κ2) is 5.95. The number of anilines is 1. The van der Waals surface area contributed by atoms with Crippen molar-refractivity contribution >= 4 is 15.7 Å². The summed E-state index contributed by atoms with van der Waals surface area (Å²) in [6.45, 7) is 3.86. The summed E-state index contributed by atoms with van der Waals surface area (Å²) in [7, 11) is -3.63.